The molecule has 1 saturated heterocycles. The largest absolute Gasteiger partial charge is 0.391 e. The molecule has 2 amide bonds. The lowest BCUT2D eigenvalue weighted by molar-refractivity contribution is -0.138. The summed E-state index contributed by atoms with van der Waals surface area (Å²) in [5, 5.41) is 12.5. The summed E-state index contributed by atoms with van der Waals surface area (Å²) < 4.78 is 0. The Morgan fingerprint density at radius 2 is 1.73 bits per heavy atom. The average molecular weight is 312 g/mol. The Morgan fingerprint density at radius 3 is 2.36 bits per heavy atom. The van der Waals surface area contributed by atoms with Crippen LogP contribution in [0, 0.1) is 0 Å². The maximum atomic E-state index is 12.3. The highest BCUT2D eigenvalue weighted by Crippen LogP contribution is 2.20. The standard InChI is InChI=1S/C17H32N2O3/c1-3-5-6-7-8-9-10-11-16(21)19-13-14(20)12-15(19)17(22)18-4-2/h14-15,20H,3-13H2,1-2H3,(H,18,22)/t14-,15+/m1/s1. The van der Waals surface area contributed by atoms with Crippen molar-refractivity contribution in [2.45, 2.75) is 83.8 Å². The highest BCUT2D eigenvalue weighted by molar-refractivity contribution is 5.88. The molecule has 0 bridgehead atoms. The fraction of sp³-hybridized carbons (Fsp3) is 0.882. The van der Waals surface area contributed by atoms with Crippen molar-refractivity contribution >= 4 is 11.8 Å². The molecule has 128 valence electrons. The van der Waals surface area contributed by atoms with Gasteiger partial charge in [0.25, 0.3) is 0 Å². The number of aliphatic hydroxyl groups is 1. The second kappa shape index (κ2) is 10.6. The number of nitrogens with zero attached hydrogens (tertiary/aromatic N) is 1. The molecule has 0 unspecified atom stereocenters. The van der Waals surface area contributed by atoms with Gasteiger partial charge in [-0.15, -0.1) is 0 Å². The van der Waals surface area contributed by atoms with Crippen molar-refractivity contribution < 1.29 is 14.7 Å². The summed E-state index contributed by atoms with van der Waals surface area (Å²) in [4.78, 5) is 25.8. The van der Waals surface area contributed by atoms with E-state index in [1.807, 2.05) is 6.92 Å². The fourth-order valence-corrected chi connectivity index (χ4v) is 3.01. The van der Waals surface area contributed by atoms with Crippen LogP contribution in [-0.4, -0.2) is 47.1 Å². The van der Waals surface area contributed by atoms with Gasteiger partial charge in [0.2, 0.25) is 11.8 Å². The first-order chi connectivity index (χ1) is 10.6. The van der Waals surface area contributed by atoms with E-state index in [1.54, 1.807) is 4.90 Å². The van der Waals surface area contributed by atoms with Crippen LogP contribution in [0.25, 0.3) is 0 Å². The van der Waals surface area contributed by atoms with Gasteiger partial charge in [0, 0.05) is 25.9 Å². The third-order valence-electron chi connectivity index (χ3n) is 4.25. The third kappa shape index (κ3) is 6.34. The highest BCUT2D eigenvalue weighted by Gasteiger charge is 2.38. The number of likely N-dealkylation sites (tertiary alicyclic amines) is 1. The number of likely N-dealkylation sites (N-methyl/N-ethyl adjacent to an activating group) is 1. The number of β-amino-alcohol motifs (C(OH)–C–C–N with tert-alkyl or cyclic N) is 1. The van der Waals surface area contributed by atoms with Crippen molar-refractivity contribution in [3.63, 3.8) is 0 Å². The van der Waals surface area contributed by atoms with Gasteiger partial charge in [0.05, 0.1) is 6.10 Å². The minimum absolute atomic E-state index is 0.00126. The van der Waals surface area contributed by atoms with Gasteiger partial charge >= 0.3 is 0 Å². The lowest BCUT2D eigenvalue weighted by Gasteiger charge is -2.23. The topological polar surface area (TPSA) is 69.6 Å². The molecule has 5 nitrogen and oxygen atoms in total. The Balaban J connectivity index is 2.29. The SMILES string of the molecule is CCCCCCCCCC(=O)N1C[C@H](O)C[C@H]1C(=O)NCC. The molecule has 1 heterocycles. The van der Waals surface area contributed by atoms with Crippen molar-refractivity contribution in [1.82, 2.24) is 10.2 Å². The summed E-state index contributed by atoms with van der Waals surface area (Å²) in [6, 6.07) is -0.494. The Kier molecular flexibility index (Phi) is 9.13. The van der Waals surface area contributed by atoms with Gasteiger partial charge in [-0.25, -0.2) is 0 Å². The van der Waals surface area contributed by atoms with Gasteiger partial charge in [0.1, 0.15) is 6.04 Å². The molecule has 0 spiro atoms. The van der Waals surface area contributed by atoms with E-state index in [1.165, 1.54) is 32.1 Å². The van der Waals surface area contributed by atoms with Crippen LogP contribution in [0.4, 0.5) is 0 Å². The van der Waals surface area contributed by atoms with E-state index >= 15 is 0 Å². The van der Waals surface area contributed by atoms with Crippen molar-refractivity contribution in [2.24, 2.45) is 0 Å². The van der Waals surface area contributed by atoms with Crippen LogP contribution >= 0.6 is 0 Å². The summed E-state index contributed by atoms with van der Waals surface area (Å²) in [5.41, 5.74) is 0. The normalized spacial score (nSPS) is 21.1. The van der Waals surface area contributed by atoms with Crippen molar-refractivity contribution in [2.75, 3.05) is 13.1 Å². The van der Waals surface area contributed by atoms with E-state index in [2.05, 4.69) is 12.2 Å². The molecular formula is C17H32N2O3. The van der Waals surface area contributed by atoms with E-state index < -0.39 is 12.1 Å². The van der Waals surface area contributed by atoms with Crippen molar-refractivity contribution in [3.05, 3.63) is 0 Å². The first kappa shape index (κ1) is 18.9. The number of rotatable bonds is 10. The smallest absolute Gasteiger partial charge is 0.242 e. The van der Waals surface area contributed by atoms with Crippen LogP contribution in [0.1, 0.15) is 71.6 Å². The molecule has 22 heavy (non-hydrogen) atoms. The van der Waals surface area contributed by atoms with Crippen LogP contribution in [0.15, 0.2) is 0 Å². The number of amides is 2. The molecule has 0 aliphatic carbocycles. The van der Waals surface area contributed by atoms with Crippen LogP contribution < -0.4 is 5.32 Å². The van der Waals surface area contributed by atoms with Crippen LogP contribution in [0.2, 0.25) is 0 Å². The molecule has 0 aromatic heterocycles. The number of hydrogen-bond donors (Lipinski definition) is 2. The van der Waals surface area contributed by atoms with Crippen LogP contribution in [-0.2, 0) is 9.59 Å². The summed E-state index contributed by atoms with van der Waals surface area (Å²) in [7, 11) is 0. The van der Waals surface area contributed by atoms with Gasteiger partial charge in [0.15, 0.2) is 0 Å². The predicted octanol–water partition coefficient (Wildman–Crippen LogP) is 2.22. The summed E-state index contributed by atoms with van der Waals surface area (Å²) >= 11 is 0. The molecule has 0 radical (unpaired) electrons. The molecule has 1 aliphatic rings. The monoisotopic (exact) mass is 312 g/mol. The Labute approximate surface area is 134 Å². The van der Waals surface area contributed by atoms with E-state index in [9.17, 15) is 14.7 Å². The molecule has 1 fully saturated rings. The number of hydrogen-bond acceptors (Lipinski definition) is 3. The van der Waals surface area contributed by atoms with Gasteiger partial charge in [-0.2, -0.15) is 0 Å². The van der Waals surface area contributed by atoms with Crippen LogP contribution in [0.5, 0.6) is 0 Å². The first-order valence-electron chi connectivity index (χ1n) is 8.85. The van der Waals surface area contributed by atoms with Gasteiger partial charge in [-0.05, 0) is 13.3 Å². The molecule has 0 aromatic rings. The minimum atomic E-state index is -0.578. The molecule has 5 heteroatoms. The van der Waals surface area contributed by atoms with Crippen molar-refractivity contribution in [3.8, 4) is 0 Å². The number of carbonyl (C=O) groups excluding carboxylic acids is 2. The van der Waals surface area contributed by atoms with E-state index in [4.69, 9.17) is 0 Å². The maximum Gasteiger partial charge on any atom is 0.242 e. The van der Waals surface area contributed by atoms with Crippen LogP contribution in [0.3, 0.4) is 0 Å². The summed E-state index contributed by atoms with van der Waals surface area (Å²) in [6.07, 6.45) is 8.44. The minimum Gasteiger partial charge on any atom is -0.391 e. The second-order valence-electron chi connectivity index (χ2n) is 6.22. The molecule has 0 aromatic carbocycles. The Morgan fingerprint density at radius 1 is 1.09 bits per heavy atom. The molecule has 2 N–H and O–H groups in total. The maximum absolute atomic E-state index is 12.3. The third-order valence-corrected chi connectivity index (χ3v) is 4.25. The lowest BCUT2D eigenvalue weighted by Crippen LogP contribution is -2.45. The molecule has 1 rings (SSSR count). The van der Waals surface area contributed by atoms with Gasteiger partial charge < -0.3 is 15.3 Å². The van der Waals surface area contributed by atoms with E-state index in [0.29, 0.717) is 19.4 Å². The Hall–Kier alpha value is -1.10. The molecular weight excluding hydrogens is 280 g/mol. The zero-order chi connectivity index (χ0) is 16.4. The zero-order valence-electron chi connectivity index (χ0n) is 14.1. The summed E-state index contributed by atoms with van der Waals surface area (Å²) in [5.74, 6) is -0.145. The fourth-order valence-electron chi connectivity index (χ4n) is 3.01. The lowest BCUT2D eigenvalue weighted by atomic mass is 10.1. The number of nitrogens with one attached hydrogen (secondary N) is 1. The Bertz CT molecular complexity index is 347. The zero-order valence-corrected chi connectivity index (χ0v) is 14.1. The van der Waals surface area contributed by atoms with Gasteiger partial charge in [-0.3, -0.25) is 9.59 Å². The van der Waals surface area contributed by atoms with Gasteiger partial charge in [-0.1, -0.05) is 45.4 Å². The highest BCUT2D eigenvalue weighted by atomic mass is 16.3. The van der Waals surface area contributed by atoms with E-state index in [0.717, 1.165) is 12.8 Å². The van der Waals surface area contributed by atoms with Crippen molar-refractivity contribution in [1.29, 1.82) is 0 Å². The predicted molar refractivity (Wildman–Crippen MR) is 87.4 cm³/mol. The summed E-state index contributed by atoms with van der Waals surface area (Å²) in [6.45, 7) is 4.89. The molecule has 1 aliphatic heterocycles. The molecule has 2 atom stereocenters. The number of carbonyl (C=O) groups is 2. The first-order valence-corrected chi connectivity index (χ1v) is 8.85. The number of unbranched alkanes of at least 4 members (excludes halogenated alkanes) is 6. The second-order valence-corrected chi connectivity index (χ2v) is 6.22. The van der Waals surface area contributed by atoms with E-state index in [-0.39, 0.29) is 18.4 Å². The quantitative estimate of drug-likeness (QED) is 0.608. The molecule has 0 saturated carbocycles. The number of aliphatic hydroxyl groups excluding tert-OH is 1. The average Bonchev–Trinajstić information content (AvgIpc) is 2.88.